The Morgan fingerprint density at radius 1 is 1.12 bits per heavy atom. The van der Waals surface area contributed by atoms with Gasteiger partial charge in [-0.15, -0.1) is 0 Å². The van der Waals surface area contributed by atoms with Gasteiger partial charge >= 0.3 is 0 Å². The lowest BCUT2D eigenvalue weighted by molar-refractivity contribution is 0.0950. The van der Waals surface area contributed by atoms with Gasteiger partial charge in [0.2, 0.25) is 0 Å². The molecule has 1 heterocycles. The fourth-order valence-corrected chi connectivity index (χ4v) is 2.55. The number of benzene rings is 2. The summed E-state index contributed by atoms with van der Waals surface area (Å²) >= 11 is 3.41. The van der Waals surface area contributed by atoms with E-state index < -0.39 is 0 Å². The van der Waals surface area contributed by atoms with Crippen molar-refractivity contribution in [1.82, 2.24) is 10.4 Å². The molecule has 3 aromatic rings. The first-order chi connectivity index (χ1) is 12.7. The van der Waals surface area contributed by atoms with Gasteiger partial charge in [-0.25, -0.2) is 5.43 Å². The minimum atomic E-state index is -0.342. The van der Waals surface area contributed by atoms with Gasteiger partial charge in [0.05, 0.1) is 11.8 Å². The predicted molar refractivity (Wildman–Crippen MR) is 104 cm³/mol. The van der Waals surface area contributed by atoms with Crippen LogP contribution in [0.1, 0.15) is 21.5 Å². The van der Waals surface area contributed by atoms with Crippen LogP contribution in [0.2, 0.25) is 0 Å². The summed E-state index contributed by atoms with van der Waals surface area (Å²) in [6.07, 6.45) is 4.88. The molecule has 0 spiro atoms. The maximum absolute atomic E-state index is 12.4. The average molecular weight is 410 g/mol. The van der Waals surface area contributed by atoms with Gasteiger partial charge in [0.15, 0.2) is 0 Å². The van der Waals surface area contributed by atoms with Gasteiger partial charge in [0.25, 0.3) is 5.91 Å². The lowest BCUT2D eigenvalue weighted by Gasteiger charge is -2.11. The molecule has 6 heteroatoms. The number of aromatic nitrogens is 1. The molecule has 0 atom stereocenters. The largest absolute Gasteiger partial charge is 0.488 e. The number of hydrazone groups is 1. The minimum Gasteiger partial charge on any atom is -0.488 e. The fraction of sp³-hybridized carbons (Fsp3) is 0.0500. The second kappa shape index (κ2) is 8.92. The first-order valence-corrected chi connectivity index (χ1v) is 8.71. The second-order valence-electron chi connectivity index (χ2n) is 5.39. The molecule has 0 aliphatic carbocycles. The van der Waals surface area contributed by atoms with E-state index in [1.807, 2.05) is 30.3 Å². The Kier molecular flexibility index (Phi) is 6.11. The Labute approximate surface area is 159 Å². The molecule has 0 saturated carbocycles. The van der Waals surface area contributed by atoms with Crippen LogP contribution in [0.4, 0.5) is 0 Å². The van der Waals surface area contributed by atoms with Crippen LogP contribution in [0.15, 0.2) is 82.6 Å². The van der Waals surface area contributed by atoms with E-state index in [4.69, 9.17) is 4.74 Å². The summed E-state index contributed by atoms with van der Waals surface area (Å²) in [4.78, 5) is 16.4. The van der Waals surface area contributed by atoms with Crippen LogP contribution < -0.4 is 10.2 Å². The molecule has 1 N–H and O–H groups in total. The van der Waals surface area contributed by atoms with E-state index in [1.54, 1.807) is 48.9 Å². The highest BCUT2D eigenvalue weighted by Crippen LogP contribution is 2.24. The molecule has 0 radical (unpaired) electrons. The van der Waals surface area contributed by atoms with Crippen molar-refractivity contribution < 1.29 is 9.53 Å². The van der Waals surface area contributed by atoms with Crippen LogP contribution in [0.5, 0.6) is 5.75 Å². The van der Waals surface area contributed by atoms with Gasteiger partial charge in [-0.05, 0) is 41.5 Å². The zero-order chi connectivity index (χ0) is 18.2. The fourth-order valence-electron chi connectivity index (χ4n) is 2.21. The quantitative estimate of drug-likeness (QED) is 0.490. The number of halogens is 1. The molecule has 26 heavy (non-hydrogen) atoms. The number of nitrogens with one attached hydrogen (secondary N) is 1. The molecule has 0 saturated heterocycles. The van der Waals surface area contributed by atoms with Crippen molar-refractivity contribution in [3.05, 3.63) is 94.2 Å². The monoisotopic (exact) mass is 409 g/mol. The smallest absolute Gasteiger partial charge is 0.275 e. The molecular formula is C20H16BrN3O2. The van der Waals surface area contributed by atoms with Crippen molar-refractivity contribution in [2.75, 3.05) is 0 Å². The predicted octanol–water partition coefficient (Wildman–Crippen LogP) is 4.19. The molecule has 130 valence electrons. The number of ether oxygens (including phenoxy) is 1. The van der Waals surface area contributed by atoms with Crippen LogP contribution in [0.25, 0.3) is 0 Å². The van der Waals surface area contributed by atoms with Crippen molar-refractivity contribution in [3.63, 3.8) is 0 Å². The van der Waals surface area contributed by atoms with Gasteiger partial charge in [-0.2, -0.15) is 5.10 Å². The molecule has 5 nitrogen and oxygen atoms in total. The summed E-state index contributed by atoms with van der Waals surface area (Å²) < 4.78 is 6.67. The Morgan fingerprint density at radius 3 is 2.65 bits per heavy atom. The SMILES string of the molecule is O=C(NN=Cc1ccncc1)c1ccc(Br)cc1OCc1ccccc1. The number of hydrogen-bond donors (Lipinski definition) is 1. The van der Waals surface area contributed by atoms with Crippen LogP contribution >= 0.6 is 15.9 Å². The minimum absolute atomic E-state index is 0.342. The second-order valence-corrected chi connectivity index (χ2v) is 6.31. The van der Waals surface area contributed by atoms with Gasteiger partial charge in [-0.1, -0.05) is 46.3 Å². The average Bonchev–Trinajstić information content (AvgIpc) is 2.68. The van der Waals surface area contributed by atoms with E-state index >= 15 is 0 Å². The first-order valence-electron chi connectivity index (χ1n) is 7.92. The van der Waals surface area contributed by atoms with Gasteiger partial charge in [-0.3, -0.25) is 9.78 Å². The summed E-state index contributed by atoms with van der Waals surface area (Å²) in [6, 6.07) is 18.6. The van der Waals surface area contributed by atoms with Crippen molar-refractivity contribution in [2.45, 2.75) is 6.61 Å². The van der Waals surface area contributed by atoms with Gasteiger partial charge in [0, 0.05) is 16.9 Å². The van der Waals surface area contributed by atoms with Gasteiger partial charge in [0.1, 0.15) is 12.4 Å². The molecule has 0 unspecified atom stereocenters. The lowest BCUT2D eigenvalue weighted by atomic mass is 10.2. The van der Waals surface area contributed by atoms with Crippen molar-refractivity contribution >= 4 is 28.1 Å². The van der Waals surface area contributed by atoms with Gasteiger partial charge < -0.3 is 4.74 Å². The van der Waals surface area contributed by atoms with E-state index in [0.717, 1.165) is 15.6 Å². The Balaban J connectivity index is 1.70. The first kappa shape index (κ1) is 17.8. The Hall–Kier alpha value is -2.99. The molecule has 2 aromatic carbocycles. The van der Waals surface area contributed by atoms with Crippen LogP contribution in [-0.4, -0.2) is 17.1 Å². The molecule has 0 aliphatic heterocycles. The number of amides is 1. The van der Waals surface area contributed by atoms with E-state index in [9.17, 15) is 4.79 Å². The number of pyridine rings is 1. The summed E-state index contributed by atoms with van der Waals surface area (Å²) in [5.74, 6) is 0.144. The Morgan fingerprint density at radius 2 is 1.88 bits per heavy atom. The van der Waals surface area contributed by atoms with Crippen LogP contribution in [-0.2, 0) is 6.61 Å². The third kappa shape index (κ3) is 5.00. The summed E-state index contributed by atoms with van der Waals surface area (Å²) in [6.45, 7) is 0.373. The molecule has 0 aliphatic rings. The lowest BCUT2D eigenvalue weighted by Crippen LogP contribution is -2.18. The standard InChI is InChI=1S/C20H16BrN3O2/c21-17-6-7-18(19(12-17)26-14-16-4-2-1-3-5-16)20(25)24-23-13-15-8-10-22-11-9-15/h1-13H,14H2,(H,24,25). The van der Waals surface area contributed by atoms with Crippen LogP contribution in [0, 0.1) is 0 Å². The number of carbonyl (C=O) groups excluding carboxylic acids is 1. The summed E-state index contributed by atoms with van der Waals surface area (Å²) in [5, 5.41) is 3.98. The molecule has 0 bridgehead atoms. The molecule has 1 aromatic heterocycles. The number of carbonyl (C=O) groups is 1. The molecule has 0 fully saturated rings. The molecule has 1 amide bonds. The number of rotatable bonds is 6. The van der Waals surface area contributed by atoms with E-state index in [1.165, 1.54) is 0 Å². The highest BCUT2D eigenvalue weighted by molar-refractivity contribution is 9.10. The number of nitrogens with zero attached hydrogens (tertiary/aromatic N) is 2. The summed E-state index contributed by atoms with van der Waals surface area (Å²) in [7, 11) is 0. The van der Waals surface area contributed by atoms with E-state index in [2.05, 4.69) is 31.4 Å². The maximum atomic E-state index is 12.4. The topological polar surface area (TPSA) is 63.6 Å². The third-order valence-electron chi connectivity index (χ3n) is 3.51. The highest BCUT2D eigenvalue weighted by Gasteiger charge is 2.13. The van der Waals surface area contributed by atoms with Crippen LogP contribution in [0.3, 0.4) is 0 Å². The normalized spacial score (nSPS) is 10.7. The van der Waals surface area contributed by atoms with Crippen molar-refractivity contribution in [3.8, 4) is 5.75 Å². The van der Waals surface area contributed by atoms with E-state index in [0.29, 0.717) is 17.9 Å². The highest BCUT2D eigenvalue weighted by atomic mass is 79.9. The number of hydrogen-bond acceptors (Lipinski definition) is 4. The third-order valence-corrected chi connectivity index (χ3v) is 4.00. The molecular weight excluding hydrogens is 394 g/mol. The Bertz CT molecular complexity index is 899. The van der Waals surface area contributed by atoms with E-state index in [-0.39, 0.29) is 5.91 Å². The molecule has 3 rings (SSSR count). The van der Waals surface area contributed by atoms with Crippen molar-refractivity contribution in [1.29, 1.82) is 0 Å². The van der Waals surface area contributed by atoms with Crippen molar-refractivity contribution in [2.24, 2.45) is 5.10 Å². The summed E-state index contributed by atoms with van der Waals surface area (Å²) in [5.41, 5.74) is 4.80. The zero-order valence-corrected chi connectivity index (χ0v) is 15.4. The maximum Gasteiger partial charge on any atom is 0.275 e. The zero-order valence-electron chi connectivity index (χ0n) is 13.8.